The molecule has 0 radical (unpaired) electrons. The maximum Gasteiger partial charge on any atom is 0.272 e. The van der Waals surface area contributed by atoms with Gasteiger partial charge in [0.2, 0.25) is 0 Å². The fraction of sp³-hybridized carbons (Fsp3) is 0.200. The highest BCUT2D eigenvalue weighted by Crippen LogP contribution is 2.25. The molecule has 1 aromatic heterocycles. The van der Waals surface area contributed by atoms with Crippen LogP contribution in [0, 0.1) is 15.9 Å². The number of hydrogen-bond donors (Lipinski definition) is 1. The van der Waals surface area contributed by atoms with E-state index in [0.29, 0.717) is 0 Å². The average Bonchev–Trinajstić information content (AvgIpc) is 2.78. The van der Waals surface area contributed by atoms with Crippen molar-refractivity contribution in [3.05, 3.63) is 40.0 Å². The third kappa shape index (κ3) is 2.18. The van der Waals surface area contributed by atoms with Crippen molar-refractivity contribution in [1.29, 1.82) is 0 Å². The molecule has 7 nitrogen and oxygen atoms in total. The van der Waals surface area contributed by atoms with Crippen LogP contribution in [0.25, 0.3) is 11.5 Å². The summed E-state index contributed by atoms with van der Waals surface area (Å²) >= 11 is 0. The first kappa shape index (κ1) is 12.1. The fourth-order valence-corrected chi connectivity index (χ4v) is 1.32. The van der Waals surface area contributed by atoms with Crippen LogP contribution in [0.5, 0.6) is 0 Å². The zero-order chi connectivity index (χ0) is 13.3. The lowest BCUT2D eigenvalue weighted by Crippen LogP contribution is -2.06. The third-order valence-electron chi connectivity index (χ3n) is 2.24. The maximum absolute atomic E-state index is 13.6. The molecule has 1 atom stereocenters. The molecule has 1 aromatic carbocycles. The second kappa shape index (κ2) is 4.49. The predicted molar refractivity (Wildman–Crippen MR) is 58.9 cm³/mol. The van der Waals surface area contributed by atoms with Gasteiger partial charge in [0, 0.05) is 6.07 Å². The lowest BCUT2D eigenvalue weighted by molar-refractivity contribution is -0.385. The van der Waals surface area contributed by atoms with Crippen molar-refractivity contribution in [3.63, 3.8) is 0 Å². The lowest BCUT2D eigenvalue weighted by Gasteiger charge is -1.97. The Morgan fingerprint density at radius 2 is 2.28 bits per heavy atom. The Morgan fingerprint density at radius 1 is 1.56 bits per heavy atom. The first-order valence-electron chi connectivity index (χ1n) is 5.02. The molecule has 0 amide bonds. The van der Waals surface area contributed by atoms with Gasteiger partial charge in [0.25, 0.3) is 11.6 Å². The average molecular weight is 252 g/mol. The van der Waals surface area contributed by atoms with Crippen molar-refractivity contribution in [1.82, 2.24) is 10.1 Å². The van der Waals surface area contributed by atoms with Gasteiger partial charge >= 0.3 is 0 Å². The molecule has 94 valence electrons. The molecule has 0 bridgehead atoms. The van der Waals surface area contributed by atoms with Crippen LogP contribution in [-0.2, 0) is 0 Å². The monoisotopic (exact) mass is 252 g/mol. The van der Waals surface area contributed by atoms with Crippen molar-refractivity contribution >= 4 is 5.69 Å². The van der Waals surface area contributed by atoms with E-state index in [9.17, 15) is 14.5 Å². The topological polar surface area (TPSA) is 108 Å². The first-order chi connectivity index (χ1) is 8.49. The minimum Gasteiger partial charge on any atom is -0.334 e. The number of benzene rings is 1. The molecule has 0 aliphatic rings. The summed E-state index contributed by atoms with van der Waals surface area (Å²) in [6.45, 7) is 1.65. The van der Waals surface area contributed by atoms with Gasteiger partial charge in [0.1, 0.15) is 5.82 Å². The van der Waals surface area contributed by atoms with Crippen LogP contribution in [0.2, 0.25) is 0 Å². The molecule has 0 aliphatic carbocycles. The highest BCUT2D eigenvalue weighted by atomic mass is 19.1. The number of nitrogens with two attached hydrogens (primary N) is 1. The van der Waals surface area contributed by atoms with Gasteiger partial charge in [-0.1, -0.05) is 5.16 Å². The van der Waals surface area contributed by atoms with Gasteiger partial charge in [-0.3, -0.25) is 10.1 Å². The minimum absolute atomic E-state index is 0.000000000000000222. The molecule has 0 fully saturated rings. The molecular weight excluding hydrogens is 243 g/mol. The molecule has 1 heterocycles. The second-order valence-electron chi connectivity index (χ2n) is 3.67. The van der Waals surface area contributed by atoms with Gasteiger partial charge < -0.3 is 10.3 Å². The van der Waals surface area contributed by atoms with Crippen LogP contribution < -0.4 is 5.73 Å². The number of halogens is 1. The second-order valence-corrected chi connectivity index (χ2v) is 3.67. The zero-order valence-corrected chi connectivity index (χ0v) is 9.33. The van der Waals surface area contributed by atoms with Gasteiger partial charge in [-0.2, -0.15) is 4.98 Å². The van der Waals surface area contributed by atoms with Crippen molar-refractivity contribution < 1.29 is 13.8 Å². The van der Waals surface area contributed by atoms with Crippen molar-refractivity contribution in [2.75, 3.05) is 0 Å². The smallest absolute Gasteiger partial charge is 0.272 e. The molecule has 0 saturated carbocycles. The summed E-state index contributed by atoms with van der Waals surface area (Å²) in [6.07, 6.45) is 0. The van der Waals surface area contributed by atoms with Crippen LogP contribution in [0.3, 0.4) is 0 Å². The normalized spacial score (nSPS) is 12.4. The van der Waals surface area contributed by atoms with Crippen LogP contribution in [-0.4, -0.2) is 15.1 Å². The molecule has 2 rings (SSSR count). The molecular formula is C10H9FN4O3. The number of nitrogens with zero attached hydrogens (tertiary/aromatic N) is 3. The Balaban J connectivity index is 2.41. The van der Waals surface area contributed by atoms with Gasteiger partial charge in [-0.25, -0.2) is 4.39 Å². The maximum atomic E-state index is 13.6. The van der Waals surface area contributed by atoms with E-state index in [1.165, 1.54) is 6.07 Å². The standard InChI is InChI=1S/C10H9FN4O3/c1-5(12)9-13-10(18-14-9)7-3-2-6(15(16)17)4-8(7)11/h2-5H,12H2,1H3. The van der Waals surface area contributed by atoms with E-state index in [1.54, 1.807) is 6.92 Å². The number of non-ortho nitro benzene ring substituents is 1. The number of nitro benzene ring substituents is 1. The quantitative estimate of drug-likeness (QED) is 0.659. The SMILES string of the molecule is CC(N)c1noc(-c2ccc([N+](=O)[O-])cc2F)n1. The molecule has 2 aromatic rings. The van der Waals surface area contributed by atoms with Crippen LogP contribution in [0.1, 0.15) is 18.8 Å². The van der Waals surface area contributed by atoms with Crippen LogP contribution in [0.15, 0.2) is 22.7 Å². The van der Waals surface area contributed by atoms with E-state index in [2.05, 4.69) is 10.1 Å². The zero-order valence-electron chi connectivity index (χ0n) is 9.33. The summed E-state index contributed by atoms with van der Waals surface area (Å²) in [6, 6.07) is 2.73. The molecule has 8 heteroatoms. The molecule has 0 spiro atoms. The Morgan fingerprint density at radius 3 is 2.78 bits per heavy atom. The van der Waals surface area contributed by atoms with Gasteiger partial charge in [-0.15, -0.1) is 0 Å². The Bertz CT molecular complexity index is 597. The Hall–Kier alpha value is -2.35. The number of nitro groups is 1. The van der Waals surface area contributed by atoms with Gasteiger partial charge in [0.15, 0.2) is 5.82 Å². The molecule has 0 saturated heterocycles. The molecule has 1 unspecified atom stereocenters. The van der Waals surface area contributed by atoms with E-state index >= 15 is 0 Å². The molecule has 0 aliphatic heterocycles. The van der Waals surface area contributed by atoms with E-state index in [0.717, 1.165) is 12.1 Å². The number of rotatable bonds is 3. The molecule has 18 heavy (non-hydrogen) atoms. The third-order valence-corrected chi connectivity index (χ3v) is 2.24. The van der Waals surface area contributed by atoms with Crippen molar-refractivity contribution in [3.8, 4) is 11.5 Å². The predicted octanol–water partition coefficient (Wildman–Crippen LogP) is 1.80. The summed E-state index contributed by atoms with van der Waals surface area (Å²) in [4.78, 5) is 13.7. The van der Waals surface area contributed by atoms with E-state index in [-0.39, 0.29) is 23.0 Å². The number of hydrogen-bond acceptors (Lipinski definition) is 6. The molecule has 2 N–H and O–H groups in total. The Kier molecular flexibility index (Phi) is 3.02. The highest BCUT2D eigenvalue weighted by molar-refractivity contribution is 5.56. The summed E-state index contributed by atoms with van der Waals surface area (Å²) in [5.41, 5.74) is 5.19. The van der Waals surface area contributed by atoms with Crippen molar-refractivity contribution in [2.45, 2.75) is 13.0 Å². The van der Waals surface area contributed by atoms with Gasteiger partial charge in [0.05, 0.1) is 22.6 Å². The van der Waals surface area contributed by atoms with Crippen molar-refractivity contribution in [2.24, 2.45) is 5.73 Å². The fourth-order valence-electron chi connectivity index (χ4n) is 1.32. The number of aromatic nitrogens is 2. The van der Waals surface area contributed by atoms with E-state index < -0.39 is 16.8 Å². The summed E-state index contributed by atoms with van der Waals surface area (Å²) in [5, 5.41) is 14.0. The minimum atomic E-state index is -0.802. The first-order valence-corrected chi connectivity index (χ1v) is 5.02. The van der Waals surface area contributed by atoms with Crippen LogP contribution in [0.4, 0.5) is 10.1 Å². The highest BCUT2D eigenvalue weighted by Gasteiger charge is 2.17. The van der Waals surface area contributed by atoms with Gasteiger partial charge in [-0.05, 0) is 13.0 Å². The summed E-state index contributed by atoms with van der Waals surface area (Å²) < 4.78 is 18.5. The summed E-state index contributed by atoms with van der Waals surface area (Å²) in [5.74, 6) is -0.624. The summed E-state index contributed by atoms with van der Waals surface area (Å²) in [7, 11) is 0. The lowest BCUT2D eigenvalue weighted by atomic mass is 10.2. The Labute approximate surface area is 101 Å². The largest absolute Gasteiger partial charge is 0.334 e. The van der Waals surface area contributed by atoms with E-state index in [4.69, 9.17) is 10.3 Å². The van der Waals surface area contributed by atoms with E-state index in [1.807, 2.05) is 0 Å². The van der Waals surface area contributed by atoms with Crippen LogP contribution >= 0.6 is 0 Å².